The van der Waals surface area contributed by atoms with Crippen LogP contribution < -0.4 is 10.5 Å². The van der Waals surface area contributed by atoms with Crippen molar-refractivity contribution in [1.29, 1.82) is 0 Å². The first-order chi connectivity index (χ1) is 6.27. The van der Waals surface area contributed by atoms with Gasteiger partial charge in [-0.1, -0.05) is 0 Å². The van der Waals surface area contributed by atoms with E-state index in [1.54, 1.807) is 0 Å². The van der Waals surface area contributed by atoms with Gasteiger partial charge >= 0.3 is 0 Å². The molecule has 1 aromatic heterocycles. The average Bonchev–Trinajstić information content (AvgIpc) is 2.91. The van der Waals surface area contributed by atoms with Gasteiger partial charge in [-0.15, -0.1) is 0 Å². The molecule has 2 rings (SSSR count). The lowest BCUT2D eigenvalue weighted by Crippen LogP contribution is -2.06. The summed E-state index contributed by atoms with van der Waals surface area (Å²) in [6.07, 6.45) is 3.45. The highest BCUT2D eigenvalue weighted by Crippen LogP contribution is 2.30. The maximum absolute atomic E-state index is 12.8. The van der Waals surface area contributed by atoms with Gasteiger partial charge in [0, 0.05) is 0 Å². The molecule has 2 N–H and O–H groups in total. The molecule has 0 aliphatic heterocycles. The second kappa shape index (κ2) is 3.16. The fraction of sp³-hybridized carbons (Fsp3) is 0.500. The third kappa shape index (κ3) is 1.85. The number of hydrogen-bond acceptors (Lipinski definition) is 4. The van der Waals surface area contributed by atoms with Gasteiger partial charge in [0.1, 0.15) is 6.33 Å². The van der Waals surface area contributed by atoms with E-state index in [1.807, 2.05) is 0 Å². The number of anilines is 1. The van der Waals surface area contributed by atoms with Gasteiger partial charge < -0.3 is 10.5 Å². The van der Waals surface area contributed by atoms with Gasteiger partial charge in [0.05, 0.1) is 6.61 Å². The minimum atomic E-state index is -0.721. The van der Waals surface area contributed by atoms with Gasteiger partial charge in [0.25, 0.3) is 0 Å². The lowest BCUT2D eigenvalue weighted by molar-refractivity contribution is 0.287. The monoisotopic (exact) mass is 183 g/mol. The van der Waals surface area contributed by atoms with Crippen LogP contribution in [0.5, 0.6) is 5.88 Å². The molecule has 13 heavy (non-hydrogen) atoms. The van der Waals surface area contributed by atoms with Gasteiger partial charge in [0.2, 0.25) is 11.8 Å². The van der Waals surface area contributed by atoms with Crippen LogP contribution in [0, 0.1) is 11.9 Å². The largest absolute Gasteiger partial charge is 0.476 e. The maximum Gasteiger partial charge on any atom is 0.243 e. The highest BCUT2D eigenvalue weighted by Gasteiger charge is 2.22. The van der Waals surface area contributed by atoms with Crippen molar-refractivity contribution in [1.82, 2.24) is 9.97 Å². The summed E-state index contributed by atoms with van der Waals surface area (Å²) < 4.78 is 18.0. The molecule has 5 heteroatoms. The van der Waals surface area contributed by atoms with Crippen LogP contribution in [0.4, 0.5) is 10.1 Å². The molecule has 0 spiro atoms. The molecule has 1 aliphatic rings. The Bertz CT molecular complexity index is 314. The minimum Gasteiger partial charge on any atom is -0.476 e. The SMILES string of the molecule is Nc1c(F)ncnc1OCC1CC1. The number of nitrogens with two attached hydrogens (primary N) is 1. The lowest BCUT2D eigenvalue weighted by Gasteiger charge is -2.05. The van der Waals surface area contributed by atoms with Crippen LogP contribution in [0.1, 0.15) is 12.8 Å². The van der Waals surface area contributed by atoms with E-state index in [-0.39, 0.29) is 11.6 Å². The van der Waals surface area contributed by atoms with Gasteiger partial charge in [-0.3, -0.25) is 0 Å². The van der Waals surface area contributed by atoms with Crippen molar-refractivity contribution < 1.29 is 9.13 Å². The second-order valence-electron chi connectivity index (χ2n) is 3.14. The van der Waals surface area contributed by atoms with Gasteiger partial charge in [0.15, 0.2) is 5.69 Å². The Kier molecular flexibility index (Phi) is 2.00. The molecule has 1 saturated carbocycles. The Morgan fingerprint density at radius 1 is 1.54 bits per heavy atom. The highest BCUT2D eigenvalue weighted by molar-refractivity contribution is 5.46. The minimum absolute atomic E-state index is 0.108. The predicted octanol–water partition coefficient (Wildman–Crippen LogP) is 0.987. The van der Waals surface area contributed by atoms with Crippen molar-refractivity contribution in [2.75, 3.05) is 12.3 Å². The zero-order valence-corrected chi connectivity index (χ0v) is 7.03. The van der Waals surface area contributed by atoms with Crippen molar-refractivity contribution in [2.45, 2.75) is 12.8 Å². The molecule has 1 fully saturated rings. The van der Waals surface area contributed by atoms with Crippen molar-refractivity contribution in [3.63, 3.8) is 0 Å². The van der Waals surface area contributed by atoms with Crippen LogP contribution in [0.15, 0.2) is 6.33 Å². The lowest BCUT2D eigenvalue weighted by atomic mass is 10.4. The summed E-state index contributed by atoms with van der Waals surface area (Å²) in [7, 11) is 0. The first-order valence-electron chi connectivity index (χ1n) is 4.16. The van der Waals surface area contributed by atoms with Crippen molar-refractivity contribution in [3.8, 4) is 5.88 Å². The summed E-state index contributed by atoms with van der Waals surface area (Å²) in [5.41, 5.74) is 5.26. The normalized spacial score (nSPS) is 15.8. The third-order valence-electron chi connectivity index (χ3n) is 1.95. The fourth-order valence-corrected chi connectivity index (χ4v) is 0.956. The van der Waals surface area contributed by atoms with Crippen LogP contribution in [0.2, 0.25) is 0 Å². The molecule has 1 aliphatic carbocycles. The zero-order chi connectivity index (χ0) is 9.26. The first-order valence-corrected chi connectivity index (χ1v) is 4.16. The first kappa shape index (κ1) is 8.22. The zero-order valence-electron chi connectivity index (χ0n) is 7.03. The smallest absolute Gasteiger partial charge is 0.243 e. The van der Waals surface area contributed by atoms with Gasteiger partial charge in [-0.2, -0.15) is 9.37 Å². The molecular weight excluding hydrogens is 173 g/mol. The molecule has 4 nitrogen and oxygen atoms in total. The molecule has 70 valence electrons. The highest BCUT2D eigenvalue weighted by atomic mass is 19.1. The Balaban J connectivity index is 2.05. The summed E-state index contributed by atoms with van der Waals surface area (Å²) >= 11 is 0. The van der Waals surface area contributed by atoms with E-state index in [2.05, 4.69) is 9.97 Å². The fourth-order valence-electron chi connectivity index (χ4n) is 0.956. The van der Waals surface area contributed by atoms with E-state index in [1.165, 1.54) is 12.8 Å². The van der Waals surface area contributed by atoms with Crippen molar-refractivity contribution >= 4 is 5.69 Å². The third-order valence-corrected chi connectivity index (χ3v) is 1.95. The number of hydrogen-bond donors (Lipinski definition) is 1. The van der Waals surface area contributed by atoms with Gasteiger partial charge in [-0.25, -0.2) is 4.98 Å². The van der Waals surface area contributed by atoms with E-state index in [4.69, 9.17) is 10.5 Å². The summed E-state index contributed by atoms with van der Waals surface area (Å²) in [4.78, 5) is 7.04. The van der Waals surface area contributed by atoms with Crippen LogP contribution in [-0.2, 0) is 0 Å². The number of ether oxygens (including phenoxy) is 1. The average molecular weight is 183 g/mol. The maximum atomic E-state index is 12.8. The number of aromatic nitrogens is 2. The summed E-state index contributed by atoms with van der Waals surface area (Å²) in [5.74, 6) is 0.0256. The van der Waals surface area contributed by atoms with E-state index in [9.17, 15) is 4.39 Å². The van der Waals surface area contributed by atoms with Crippen LogP contribution >= 0.6 is 0 Å². The molecule has 0 unspecified atom stereocenters. The van der Waals surface area contributed by atoms with Crippen LogP contribution in [0.25, 0.3) is 0 Å². The molecule has 0 atom stereocenters. The summed E-state index contributed by atoms with van der Waals surface area (Å²) in [5, 5.41) is 0. The molecule has 0 amide bonds. The Morgan fingerprint density at radius 3 is 3.00 bits per heavy atom. The van der Waals surface area contributed by atoms with Gasteiger partial charge in [-0.05, 0) is 18.8 Å². The molecule has 1 heterocycles. The molecule has 0 bridgehead atoms. The number of rotatable bonds is 3. The topological polar surface area (TPSA) is 61.0 Å². The van der Waals surface area contributed by atoms with Crippen molar-refractivity contribution in [3.05, 3.63) is 12.3 Å². The Labute approximate surface area is 74.9 Å². The molecule has 0 radical (unpaired) electrons. The van der Waals surface area contributed by atoms with Crippen LogP contribution in [-0.4, -0.2) is 16.6 Å². The van der Waals surface area contributed by atoms with Crippen molar-refractivity contribution in [2.24, 2.45) is 5.92 Å². The Hall–Kier alpha value is -1.39. The molecule has 0 aromatic carbocycles. The van der Waals surface area contributed by atoms with E-state index in [0.29, 0.717) is 12.5 Å². The van der Waals surface area contributed by atoms with Crippen LogP contribution in [0.3, 0.4) is 0 Å². The molecule has 0 saturated heterocycles. The number of halogens is 1. The number of nitrogens with zero attached hydrogens (tertiary/aromatic N) is 2. The van der Waals surface area contributed by atoms with E-state index >= 15 is 0 Å². The quantitative estimate of drug-likeness (QED) is 0.710. The Morgan fingerprint density at radius 2 is 2.31 bits per heavy atom. The summed E-state index contributed by atoms with van der Waals surface area (Å²) in [6.45, 7) is 0.570. The molecule has 1 aromatic rings. The molecular formula is C8H10FN3O. The number of nitrogen functional groups attached to an aromatic ring is 1. The predicted molar refractivity (Wildman–Crippen MR) is 44.6 cm³/mol. The summed E-state index contributed by atoms with van der Waals surface area (Å²) in [6, 6.07) is 0. The van der Waals surface area contributed by atoms with E-state index in [0.717, 1.165) is 6.33 Å². The van der Waals surface area contributed by atoms with E-state index < -0.39 is 5.95 Å². The standard InChI is InChI=1S/C8H10FN3O/c9-7-6(10)8(12-4-11-7)13-3-5-1-2-5/h4-5H,1-3,10H2. The second-order valence-corrected chi connectivity index (χ2v) is 3.14.